The van der Waals surface area contributed by atoms with Gasteiger partial charge in [0, 0.05) is 23.3 Å². The van der Waals surface area contributed by atoms with Crippen molar-refractivity contribution in [2.45, 2.75) is 32.7 Å². The largest absolute Gasteiger partial charge is 0.201 e. The van der Waals surface area contributed by atoms with Gasteiger partial charge in [-0.25, -0.2) is 4.57 Å². The van der Waals surface area contributed by atoms with Gasteiger partial charge in [-0.2, -0.15) is 0 Å². The van der Waals surface area contributed by atoms with E-state index < -0.39 is 0 Å². The molecule has 1 aromatic heterocycles. The highest BCUT2D eigenvalue weighted by Gasteiger charge is 2.13. The minimum Gasteiger partial charge on any atom is -0.201 e. The first-order chi connectivity index (χ1) is 11.5. The molecule has 0 saturated heterocycles. The van der Waals surface area contributed by atoms with Crippen LogP contribution in [0.5, 0.6) is 0 Å². The normalized spacial score (nSPS) is 13.7. The maximum Gasteiger partial charge on any atom is 0.173 e. The van der Waals surface area contributed by atoms with Gasteiger partial charge in [0.25, 0.3) is 0 Å². The zero-order valence-corrected chi connectivity index (χ0v) is 14.7. The Balaban J connectivity index is 1.66. The zero-order chi connectivity index (χ0) is 17.0. The van der Waals surface area contributed by atoms with E-state index >= 15 is 0 Å². The van der Waals surface area contributed by atoms with E-state index in [1.54, 1.807) is 0 Å². The second-order valence-corrected chi connectivity index (χ2v) is 7.21. The zero-order valence-electron chi connectivity index (χ0n) is 14.7. The lowest BCUT2D eigenvalue weighted by atomic mass is 9.87. The summed E-state index contributed by atoms with van der Waals surface area (Å²) in [5.41, 5.74) is 8.39. The van der Waals surface area contributed by atoms with Gasteiger partial charge < -0.3 is 0 Å². The highest BCUT2D eigenvalue weighted by molar-refractivity contribution is 5.54. The van der Waals surface area contributed by atoms with Crippen molar-refractivity contribution in [3.63, 3.8) is 0 Å². The summed E-state index contributed by atoms with van der Waals surface area (Å²) in [5, 5.41) is 0. The van der Waals surface area contributed by atoms with Crippen LogP contribution in [0.15, 0.2) is 84.4 Å². The summed E-state index contributed by atoms with van der Waals surface area (Å²) in [6, 6.07) is 13.2. The Morgan fingerprint density at radius 3 is 2.25 bits per heavy atom. The van der Waals surface area contributed by atoms with Crippen LogP contribution in [-0.2, 0) is 12.0 Å². The minimum absolute atomic E-state index is 0.207. The standard InChI is InChI=1S/C23H24N/c1-23(2,3)22-12-10-21(11-13-22)18-24-16-14-20(15-17-24)9-8-19-6-4-5-7-19/h4-6,8-17H,18H2,1-3H3/q+1/b9-8+. The fourth-order valence-corrected chi connectivity index (χ4v) is 2.64. The first kappa shape index (κ1) is 16.2. The molecule has 0 amide bonds. The number of aromatic nitrogens is 1. The number of nitrogens with zero attached hydrogens (tertiary/aromatic N) is 1. The predicted molar refractivity (Wildman–Crippen MR) is 101 cm³/mol. The fraction of sp³-hybridized carbons (Fsp3) is 0.217. The third-order valence-electron chi connectivity index (χ3n) is 4.18. The Bertz CT molecular complexity index is 819. The molecule has 3 rings (SSSR count). The van der Waals surface area contributed by atoms with Crippen molar-refractivity contribution in [1.82, 2.24) is 0 Å². The summed E-state index contributed by atoms with van der Waals surface area (Å²) in [4.78, 5) is 0. The van der Waals surface area contributed by atoms with E-state index in [1.165, 1.54) is 16.7 Å². The van der Waals surface area contributed by atoms with Crippen LogP contribution in [0.25, 0.3) is 6.08 Å². The number of rotatable bonds is 4. The summed E-state index contributed by atoms with van der Waals surface area (Å²) in [6.07, 6.45) is 14.5. The van der Waals surface area contributed by atoms with Crippen molar-refractivity contribution in [2.24, 2.45) is 0 Å². The highest BCUT2D eigenvalue weighted by Crippen LogP contribution is 2.22. The molecule has 0 saturated carbocycles. The van der Waals surface area contributed by atoms with Gasteiger partial charge in [-0.05, 0) is 34.8 Å². The number of benzene rings is 1. The molecule has 24 heavy (non-hydrogen) atoms. The van der Waals surface area contributed by atoms with Gasteiger partial charge in [0.15, 0.2) is 18.9 Å². The third-order valence-corrected chi connectivity index (χ3v) is 4.18. The van der Waals surface area contributed by atoms with Gasteiger partial charge in [-0.1, -0.05) is 57.2 Å². The third kappa shape index (κ3) is 4.22. The summed E-state index contributed by atoms with van der Waals surface area (Å²) in [7, 11) is 0. The fourth-order valence-electron chi connectivity index (χ4n) is 2.64. The maximum atomic E-state index is 3.17. The van der Waals surface area contributed by atoms with Gasteiger partial charge in [0.2, 0.25) is 0 Å². The van der Waals surface area contributed by atoms with E-state index in [-0.39, 0.29) is 5.41 Å². The molecule has 0 atom stereocenters. The van der Waals surface area contributed by atoms with Crippen LogP contribution in [0.2, 0.25) is 0 Å². The molecule has 120 valence electrons. The van der Waals surface area contributed by atoms with E-state index in [0.29, 0.717) is 0 Å². The van der Waals surface area contributed by atoms with E-state index in [4.69, 9.17) is 0 Å². The lowest BCUT2D eigenvalue weighted by Gasteiger charge is -2.18. The Hall–Kier alpha value is -2.63. The van der Waals surface area contributed by atoms with Crippen LogP contribution in [0.1, 0.15) is 37.5 Å². The number of pyridine rings is 1. The molecule has 1 heterocycles. The van der Waals surface area contributed by atoms with Gasteiger partial charge in [-0.15, -0.1) is 5.73 Å². The average molecular weight is 314 g/mol. The first-order valence-electron chi connectivity index (χ1n) is 8.41. The smallest absolute Gasteiger partial charge is 0.173 e. The molecule has 0 unspecified atom stereocenters. The van der Waals surface area contributed by atoms with E-state index in [2.05, 4.69) is 98.1 Å². The van der Waals surface area contributed by atoms with Crippen LogP contribution in [0.4, 0.5) is 0 Å². The number of hydrogen-bond donors (Lipinski definition) is 0. The summed E-state index contributed by atoms with van der Waals surface area (Å²) >= 11 is 0. The van der Waals surface area contributed by atoms with Crippen LogP contribution < -0.4 is 4.57 Å². The summed E-state index contributed by atoms with van der Waals surface area (Å²) in [5.74, 6) is 0. The van der Waals surface area contributed by atoms with Crippen LogP contribution in [0, 0.1) is 0 Å². The number of allylic oxidation sites excluding steroid dienone is 4. The summed E-state index contributed by atoms with van der Waals surface area (Å²) in [6.45, 7) is 7.63. The molecule has 1 aliphatic carbocycles. The van der Waals surface area contributed by atoms with Gasteiger partial charge >= 0.3 is 0 Å². The van der Waals surface area contributed by atoms with Crippen molar-refractivity contribution in [1.29, 1.82) is 0 Å². The molecular formula is C23H24N+. The highest BCUT2D eigenvalue weighted by atomic mass is 14.9. The van der Waals surface area contributed by atoms with Crippen molar-refractivity contribution in [3.05, 3.63) is 101 Å². The second kappa shape index (κ2) is 6.86. The van der Waals surface area contributed by atoms with Crippen molar-refractivity contribution in [2.75, 3.05) is 0 Å². The van der Waals surface area contributed by atoms with Crippen molar-refractivity contribution >= 4 is 6.08 Å². The molecule has 1 heteroatoms. The maximum absolute atomic E-state index is 3.17. The summed E-state index contributed by atoms with van der Waals surface area (Å²) < 4.78 is 2.21. The monoisotopic (exact) mass is 314 g/mol. The molecule has 0 fully saturated rings. The molecule has 0 spiro atoms. The van der Waals surface area contributed by atoms with E-state index in [1.807, 2.05) is 12.2 Å². The molecule has 0 bridgehead atoms. The molecule has 0 N–H and O–H groups in total. The lowest BCUT2D eigenvalue weighted by Crippen LogP contribution is -2.33. The van der Waals surface area contributed by atoms with Crippen LogP contribution >= 0.6 is 0 Å². The Morgan fingerprint density at radius 2 is 1.67 bits per heavy atom. The minimum atomic E-state index is 0.207. The lowest BCUT2D eigenvalue weighted by molar-refractivity contribution is -0.688. The van der Waals surface area contributed by atoms with Crippen molar-refractivity contribution < 1.29 is 4.57 Å². The molecule has 1 nitrogen and oxygen atoms in total. The number of hydrogen-bond acceptors (Lipinski definition) is 0. The molecule has 0 aliphatic heterocycles. The molecule has 0 radical (unpaired) electrons. The van der Waals surface area contributed by atoms with Crippen LogP contribution in [0.3, 0.4) is 0 Å². The topological polar surface area (TPSA) is 3.88 Å². The van der Waals surface area contributed by atoms with Gasteiger partial charge in [0.1, 0.15) is 0 Å². The van der Waals surface area contributed by atoms with Crippen LogP contribution in [-0.4, -0.2) is 0 Å². The molecule has 1 aliphatic rings. The first-order valence-corrected chi connectivity index (χ1v) is 8.41. The average Bonchev–Trinajstić information content (AvgIpc) is 3.07. The molecule has 2 aromatic rings. The van der Waals surface area contributed by atoms with Gasteiger partial charge in [0.05, 0.1) is 0 Å². The molecule has 1 aromatic carbocycles. The van der Waals surface area contributed by atoms with E-state index in [0.717, 1.165) is 12.1 Å². The molecular weight excluding hydrogens is 290 g/mol. The SMILES string of the molecule is CC(C)(C)c1ccc(C[n+]2ccc(/C=C/C3=C=CC=C3)cc2)cc1. The quantitative estimate of drug-likeness (QED) is 0.553. The Labute approximate surface area is 145 Å². The second-order valence-electron chi connectivity index (χ2n) is 7.21. The van der Waals surface area contributed by atoms with E-state index in [9.17, 15) is 0 Å². The van der Waals surface area contributed by atoms with Crippen molar-refractivity contribution in [3.8, 4) is 0 Å². The predicted octanol–water partition coefficient (Wildman–Crippen LogP) is 4.98. The Kier molecular flexibility index (Phi) is 4.64. The Morgan fingerprint density at radius 1 is 0.958 bits per heavy atom. The van der Waals surface area contributed by atoms with Gasteiger partial charge in [-0.3, -0.25) is 0 Å².